The molecule has 2 aliphatic rings. The van der Waals surface area contributed by atoms with Gasteiger partial charge >= 0.3 is 6.03 Å². The molecular weight excluding hydrogens is 368 g/mol. The Balaban J connectivity index is 1.23. The van der Waals surface area contributed by atoms with Gasteiger partial charge in [-0.25, -0.2) is 4.79 Å². The van der Waals surface area contributed by atoms with Crippen LogP contribution in [0.15, 0.2) is 71.3 Å². The molecule has 0 bridgehead atoms. The van der Waals surface area contributed by atoms with Crippen LogP contribution in [0.25, 0.3) is 11.3 Å². The number of piperidine rings is 1. The molecule has 1 N–H and O–H groups in total. The number of anilines is 1. The van der Waals surface area contributed by atoms with E-state index >= 15 is 0 Å². The second-order valence-corrected chi connectivity index (χ2v) is 7.38. The fourth-order valence-electron chi connectivity index (χ4n) is 3.85. The van der Waals surface area contributed by atoms with Gasteiger partial charge in [-0.15, -0.1) is 0 Å². The third-order valence-corrected chi connectivity index (χ3v) is 5.49. The van der Waals surface area contributed by atoms with Crippen molar-refractivity contribution in [2.75, 3.05) is 18.4 Å². The zero-order valence-electron chi connectivity index (χ0n) is 16.0. The number of urea groups is 1. The highest BCUT2D eigenvalue weighted by atomic mass is 16.7. The number of carbonyl (C=O) groups excluding carboxylic acids is 1. The first kappa shape index (κ1) is 17.8. The summed E-state index contributed by atoms with van der Waals surface area (Å²) in [6.45, 7) is 1.65. The quantitative estimate of drug-likeness (QED) is 0.677. The van der Waals surface area contributed by atoms with Gasteiger partial charge in [-0.2, -0.15) is 0 Å². The van der Waals surface area contributed by atoms with Crippen LogP contribution in [0.5, 0.6) is 5.75 Å². The van der Waals surface area contributed by atoms with Gasteiger partial charge in [-0.05, 0) is 42.5 Å². The molecule has 148 valence electrons. The minimum atomic E-state index is -0.664. The van der Waals surface area contributed by atoms with Gasteiger partial charge in [0.1, 0.15) is 11.5 Å². The van der Waals surface area contributed by atoms with Gasteiger partial charge in [0, 0.05) is 42.7 Å². The molecule has 0 saturated carbocycles. The van der Waals surface area contributed by atoms with Crippen LogP contribution in [-0.2, 0) is 11.3 Å². The van der Waals surface area contributed by atoms with Crippen molar-refractivity contribution in [3.8, 4) is 17.1 Å². The van der Waals surface area contributed by atoms with E-state index in [0.717, 1.165) is 28.3 Å². The third kappa shape index (κ3) is 3.59. The summed E-state index contributed by atoms with van der Waals surface area (Å²) in [4.78, 5) is 14.3. The van der Waals surface area contributed by atoms with Gasteiger partial charge < -0.3 is 24.1 Å². The molecule has 2 aromatic carbocycles. The number of nitrogens with zero attached hydrogens (tertiary/aromatic N) is 1. The summed E-state index contributed by atoms with van der Waals surface area (Å²) < 4.78 is 17.9. The first-order chi connectivity index (χ1) is 14.2. The summed E-state index contributed by atoms with van der Waals surface area (Å²) in [6, 6.07) is 19.2. The molecule has 3 heterocycles. The van der Waals surface area contributed by atoms with Crippen LogP contribution in [0.2, 0.25) is 0 Å². The first-order valence-corrected chi connectivity index (χ1v) is 9.82. The second-order valence-electron chi connectivity index (χ2n) is 7.38. The fraction of sp³-hybridized carbons (Fsp3) is 0.261. The molecule has 0 radical (unpaired) electrons. The van der Waals surface area contributed by atoms with E-state index in [2.05, 4.69) is 5.32 Å². The van der Waals surface area contributed by atoms with E-state index in [-0.39, 0.29) is 6.03 Å². The van der Waals surface area contributed by atoms with Crippen molar-refractivity contribution >= 4 is 11.7 Å². The van der Waals surface area contributed by atoms with Crippen LogP contribution >= 0.6 is 0 Å². The highest BCUT2D eigenvalue weighted by Crippen LogP contribution is 2.39. The number of nitrogens with one attached hydrogen (secondary N) is 1. The van der Waals surface area contributed by atoms with Crippen molar-refractivity contribution in [3.05, 3.63) is 72.5 Å². The molecule has 3 aromatic rings. The van der Waals surface area contributed by atoms with Gasteiger partial charge in [0.15, 0.2) is 0 Å². The number of para-hydroxylation sites is 1. The summed E-state index contributed by atoms with van der Waals surface area (Å²) in [5, 5.41) is 2.93. The summed E-state index contributed by atoms with van der Waals surface area (Å²) >= 11 is 0. The monoisotopic (exact) mass is 390 g/mol. The normalized spacial score (nSPS) is 17.4. The molecule has 1 saturated heterocycles. The SMILES string of the molecule is O=C(Nc1ccccc1)N1CCC2(CC1)OCc1cc(-c3ccco3)ccc1O2. The molecule has 1 fully saturated rings. The predicted octanol–water partition coefficient (Wildman–Crippen LogP) is 4.88. The van der Waals surface area contributed by atoms with Crippen LogP contribution in [-0.4, -0.2) is 29.8 Å². The zero-order chi connectivity index (χ0) is 19.7. The van der Waals surface area contributed by atoms with Gasteiger partial charge in [0.2, 0.25) is 5.79 Å². The second kappa shape index (κ2) is 7.29. The zero-order valence-corrected chi connectivity index (χ0v) is 16.0. The Bertz CT molecular complexity index is 993. The van der Waals surface area contributed by atoms with Crippen molar-refractivity contribution in [2.24, 2.45) is 0 Å². The van der Waals surface area contributed by atoms with Gasteiger partial charge in [0.25, 0.3) is 0 Å². The van der Waals surface area contributed by atoms with E-state index < -0.39 is 5.79 Å². The first-order valence-electron chi connectivity index (χ1n) is 9.82. The Labute approximate surface area is 169 Å². The number of ether oxygens (including phenoxy) is 2. The van der Waals surface area contributed by atoms with Crippen molar-refractivity contribution in [1.29, 1.82) is 0 Å². The number of fused-ring (bicyclic) bond motifs is 1. The fourth-order valence-corrected chi connectivity index (χ4v) is 3.85. The molecule has 1 aromatic heterocycles. The minimum absolute atomic E-state index is 0.0923. The lowest BCUT2D eigenvalue weighted by molar-refractivity contribution is -0.225. The minimum Gasteiger partial charge on any atom is -0.464 e. The predicted molar refractivity (Wildman–Crippen MR) is 109 cm³/mol. The maximum absolute atomic E-state index is 12.5. The number of hydrogen-bond donors (Lipinski definition) is 1. The summed E-state index contributed by atoms with van der Waals surface area (Å²) in [5.41, 5.74) is 2.81. The number of carbonyl (C=O) groups is 1. The van der Waals surface area contributed by atoms with Gasteiger partial charge in [-0.1, -0.05) is 18.2 Å². The number of benzene rings is 2. The van der Waals surface area contributed by atoms with E-state index in [1.54, 1.807) is 11.2 Å². The average Bonchev–Trinajstić information content (AvgIpc) is 3.30. The van der Waals surface area contributed by atoms with Gasteiger partial charge in [-0.3, -0.25) is 0 Å². The van der Waals surface area contributed by atoms with Crippen molar-refractivity contribution in [3.63, 3.8) is 0 Å². The van der Waals surface area contributed by atoms with Crippen LogP contribution in [0, 0.1) is 0 Å². The van der Waals surface area contributed by atoms with E-state index in [1.165, 1.54) is 0 Å². The summed E-state index contributed by atoms with van der Waals surface area (Å²) in [6.07, 6.45) is 2.93. The van der Waals surface area contributed by atoms with Crippen LogP contribution in [0.4, 0.5) is 10.5 Å². The lowest BCUT2D eigenvalue weighted by Crippen LogP contribution is -2.53. The summed E-state index contributed by atoms with van der Waals surface area (Å²) in [5.74, 6) is 1.00. The molecule has 0 aliphatic carbocycles. The molecule has 29 heavy (non-hydrogen) atoms. The maximum Gasteiger partial charge on any atom is 0.321 e. The third-order valence-electron chi connectivity index (χ3n) is 5.49. The van der Waals surface area contributed by atoms with Crippen LogP contribution in [0.1, 0.15) is 18.4 Å². The maximum atomic E-state index is 12.5. The molecule has 6 nitrogen and oxygen atoms in total. The lowest BCUT2D eigenvalue weighted by atomic mass is 10.0. The Kier molecular flexibility index (Phi) is 4.48. The Hall–Kier alpha value is -3.25. The molecular formula is C23H22N2O4. The molecule has 0 unspecified atom stereocenters. The standard InChI is InChI=1S/C23H22N2O4/c26-22(24-19-5-2-1-3-6-19)25-12-10-23(11-13-25)28-16-18-15-17(8-9-21(18)29-23)20-7-4-14-27-20/h1-9,14-15H,10-13,16H2,(H,24,26). The van der Waals surface area contributed by atoms with Crippen molar-refractivity contribution < 1.29 is 18.7 Å². The smallest absolute Gasteiger partial charge is 0.321 e. The van der Waals surface area contributed by atoms with E-state index in [4.69, 9.17) is 13.9 Å². The van der Waals surface area contributed by atoms with Gasteiger partial charge in [0.05, 0.1) is 12.9 Å². The van der Waals surface area contributed by atoms with Crippen LogP contribution < -0.4 is 10.1 Å². The molecule has 2 amide bonds. The molecule has 6 heteroatoms. The number of likely N-dealkylation sites (tertiary alicyclic amines) is 1. The largest absolute Gasteiger partial charge is 0.464 e. The van der Waals surface area contributed by atoms with E-state index in [1.807, 2.05) is 60.7 Å². The lowest BCUT2D eigenvalue weighted by Gasteiger charge is -2.43. The highest BCUT2D eigenvalue weighted by Gasteiger charge is 2.42. The number of hydrogen-bond acceptors (Lipinski definition) is 4. The Morgan fingerprint density at radius 3 is 2.59 bits per heavy atom. The number of rotatable bonds is 2. The Morgan fingerprint density at radius 2 is 1.83 bits per heavy atom. The molecule has 1 spiro atoms. The van der Waals surface area contributed by atoms with Crippen LogP contribution in [0.3, 0.4) is 0 Å². The summed E-state index contributed by atoms with van der Waals surface area (Å²) in [7, 11) is 0. The molecule has 2 aliphatic heterocycles. The number of amides is 2. The van der Waals surface area contributed by atoms with Crippen molar-refractivity contribution in [1.82, 2.24) is 4.90 Å². The van der Waals surface area contributed by atoms with Crippen molar-refractivity contribution in [2.45, 2.75) is 25.2 Å². The average molecular weight is 390 g/mol. The number of furan rings is 1. The topological polar surface area (TPSA) is 63.9 Å². The van der Waals surface area contributed by atoms with E-state index in [0.29, 0.717) is 32.5 Å². The molecule has 5 rings (SSSR count). The molecule has 0 atom stereocenters. The highest BCUT2D eigenvalue weighted by molar-refractivity contribution is 5.89. The Morgan fingerprint density at radius 1 is 1.00 bits per heavy atom. The van der Waals surface area contributed by atoms with E-state index in [9.17, 15) is 4.79 Å².